The first-order chi connectivity index (χ1) is 16.6. The Bertz CT molecular complexity index is 1270. The predicted molar refractivity (Wildman–Crippen MR) is 135 cm³/mol. The number of nitrogens with one attached hydrogen (secondary N) is 1. The topological polar surface area (TPSA) is 103 Å². The van der Waals surface area contributed by atoms with E-state index < -0.39 is 10.0 Å². The zero-order valence-electron chi connectivity index (χ0n) is 20.0. The molecule has 2 N–H and O–H groups in total. The van der Waals surface area contributed by atoms with Crippen LogP contribution in [0.25, 0.3) is 6.08 Å². The van der Waals surface area contributed by atoms with Gasteiger partial charge in [-0.05, 0) is 53.6 Å². The van der Waals surface area contributed by atoms with Crippen molar-refractivity contribution in [3.05, 3.63) is 76.2 Å². The minimum absolute atomic E-state index is 0.000773. The van der Waals surface area contributed by atoms with Gasteiger partial charge in [-0.1, -0.05) is 30.7 Å². The molecule has 0 heterocycles. The first-order valence-electron chi connectivity index (χ1n) is 10.6. The Kier molecular flexibility index (Phi) is 8.37. The van der Waals surface area contributed by atoms with Crippen molar-refractivity contribution in [2.75, 3.05) is 33.2 Å². The summed E-state index contributed by atoms with van der Waals surface area (Å²) in [6.07, 6.45) is 5.17. The number of hydrogen-bond acceptors (Lipinski definition) is 7. The Labute approximate surface area is 210 Å². The molecule has 1 aliphatic carbocycles. The quantitative estimate of drug-likeness (QED) is 0.449. The maximum Gasteiger partial charge on any atom is 0.262 e. The van der Waals surface area contributed by atoms with Crippen molar-refractivity contribution < 1.29 is 32.5 Å². The number of hydrogen-bond donors (Lipinski definition) is 2. The average Bonchev–Trinajstić information content (AvgIpc) is 2.84. The molecule has 1 aliphatic rings. The molecule has 35 heavy (non-hydrogen) atoms. The maximum absolute atomic E-state index is 12.8. The Morgan fingerprint density at radius 3 is 2.26 bits per heavy atom. The van der Waals surface area contributed by atoms with E-state index in [1.165, 1.54) is 37.4 Å². The van der Waals surface area contributed by atoms with Gasteiger partial charge in [-0.2, -0.15) is 0 Å². The molecular weight excluding hydrogens is 494 g/mol. The summed E-state index contributed by atoms with van der Waals surface area (Å²) < 4.78 is 49.9. The summed E-state index contributed by atoms with van der Waals surface area (Å²) in [7, 11) is 2.13. The van der Waals surface area contributed by atoms with E-state index in [2.05, 4.69) is 4.72 Å². The molecule has 2 unspecified atom stereocenters. The molecule has 0 saturated heterocycles. The largest absolute Gasteiger partial charge is 0.503 e. The second-order valence-electron chi connectivity index (χ2n) is 7.74. The highest BCUT2D eigenvalue weighted by Crippen LogP contribution is 2.38. The van der Waals surface area contributed by atoms with Crippen LogP contribution in [0.3, 0.4) is 0 Å². The zero-order valence-corrected chi connectivity index (χ0v) is 21.6. The average molecular weight is 522 g/mol. The fourth-order valence-corrected chi connectivity index (χ4v) is 4.94. The molecule has 10 heteroatoms. The van der Waals surface area contributed by atoms with E-state index in [9.17, 15) is 13.5 Å². The van der Waals surface area contributed by atoms with E-state index in [-0.39, 0.29) is 34.1 Å². The van der Waals surface area contributed by atoms with Crippen LogP contribution in [0.15, 0.2) is 70.5 Å². The number of rotatable bonds is 9. The summed E-state index contributed by atoms with van der Waals surface area (Å²) in [5, 5.41) is 11.0. The molecule has 2 aromatic carbocycles. The van der Waals surface area contributed by atoms with Crippen molar-refractivity contribution in [1.29, 1.82) is 0 Å². The highest BCUT2D eigenvalue weighted by molar-refractivity contribution is 7.92. The van der Waals surface area contributed by atoms with Gasteiger partial charge in [-0.3, -0.25) is 4.72 Å². The van der Waals surface area contributed by atoms with E-state index in [4.69, 9.17) is 30.5 Å². The number of phenolic OH excluding ortho intramolecular Hbond substituents is 1. The van der Waals surface area contributed by atoms with Crippen LogP contribution in [0, 0.1) is 5.92 Å². The summed E-state index contributed by atoms with van der Waals surface area (Å²) in [5.41, 5.74) is 1.47. The molecule has 0 bridgehead atoms. The first kappa shape index (κ1) is 26.5. The summed E-state index contributed by atoms with van der Waals surface area (Å²) in [6.45, 7) is 2.00. The fraction of sp³-hybridized carbons (Fsp3) is 0.280. The van der Waals surface area contributed by atoms with Gasteiger partial charge >= 0.3 is 0 Å². The third-order valence-corrected chi connectivity index (χ3v) is 7.26. The number of ether oxygens (including phenoxy) is 4. The van der Waals surface area contributed by atoms with Crippen LogP contribution in [-0.4, -0.2) is 48.1 Å². The molecular formula is C25H28ClNO7S. The maximum atomic E-state index is 12.8. The van der Waals surface area contributed by atoms with Crippen LogP contribution in [0.5, 0.6) is 11.5 Å². The summed E-state index contributed by atoms with van der Waals surface area (Å²) in [6, 6.07) is 8.81. The van der Waals surface area contributed by atoms with Crippen molar-refractivity contribution in [1.82, 2.24) is 0 Å². The van der Waals surface area contributed by atoms with Crippen molar-refractivity contribution in [3.8, 4) is 11.5 Å². The fourth-order valence-electron chi connectivity index (χ4n) is 3.75. The van der Waals surface area contributed by atoms with Gasteiger partial charge in [0.25, 0.3) is 10.0 Å². The lowest BCUT2D eigenvalue weighted by Crippen LogP contribution is -2.29. The van der Waals surface area contributed by atoms with Gasteiger partial charge in [0.2, 0.25) is 0 Å². The molecule has 3 rings (SSSR count). The van der Waals surface area contributed by atoms with E-state index in [1.54, 1.807) is 33.5 Å². The van der Waals surface area contributed by atoms with Crippen LogP contribution < -0.4 is 9.46 Å². The molecule has 0 spiro atoms. The number of sulfonamides is 1. The summed E-state index contributed by atoms with van der Waals surface area (Å²) in [4.78, 5) is 0.000773. The van der Waals surface area contributed by atoms with Crippen molar-refractivity contribution >= 4 is 33.4 Å². The number of methoxy groups -OCH3 is 4. The molecule has 0 saturated carbocycles. The SMILES string of the molecule is COC1=C(OC)C(OC)C(C)C(/C=C\c2cc(NS(=O)(=O)c3ccc(Cl)cc3)c(O)c(OC)c2)=C1. The first-order valence-corrected chi connectivity index (χ1v) is 12.4. The number of allylic oxidation sites excluding steroid dienone is 2. The van der Waals surface area contributed by atoms with Crippen LogP contribution in [0.4, 0.5) is 5.69 Å². The Hall–Kier alpha value is -3.14. The zero-order chi connectivity index (χ0) is 25.8. The number of phenols is 1. The van der Waals surface area contributed by atoms with Gasteiger partial charge in [-0.25, -0.2) is 8.42 Å². The van der Waals surface area contributed by atoms with Crippen molar-refractivity contribution in [3.63, 3.8) is 0 Å². The van der Waals surface area contributed by atoms with Gasteiger partial charge in [0.05, 0.1) is 31.9 Å². The third-order valence-electron chi connectivity index (χ3n) is 5.63. The Balaban J connectivity index is 1.98. The Morgan fingerprint density at radius 1 is 1.00 bits per heavy atom. The summed E-state index contributed by atoms with van der Waals surface area (Å²) >= 11 is 5.86. The number of aromatic hydroxyl groups is 1. The van der Waals surface area contributed by atoms with Crippen LogP contribution in [0.2, 0.25) is 5.02 Å². The number of anilines is 1. The van der Waals surface area contributed by atoms with E-state index in [0.29, 0.717) is 22.1 Å². The van der Waals surface area contributed by atoms with Crippen molar-refractivity contribution in [2.45, 2.75) is 17.9 Å². The molecule has 8 nitrogen and oxygen atoms in total. The van der Waals surface area contributed by atoms with E-state index in [0.717, 1.165) is 5.57 Å². The predicted octanol–water partition coefficient (Wildman–Crippen LogP) is 4.96. The highest BCUT2D eigenvalue weighted by atomic mass is 35.5. The molecule has 2 atom stereocenters. The summed E-state index contributed by atoms with van der Waals surface area (Å²) in [5.74, 6) is 0.885. The van der Waals surface area contributed by atoms with Gasteiger partial charge < -0.3 is 24.1 Å². The molecule has 0 fully saturated rings. The van der Waals surface area contributed by atoms with Gasteiger partial charge in [-0.15, -0.1) is 0 Å². The minimum Gasteiger partial charge on any atom is -0.503 e. The van der Waals surface area contributed by atoms with Crippen LogP contribution in [0.1, 0.15) is 12.5 Å². The molecule has 0 radical (unpaired) electrons. The lowest BCUT2D eigenvalue weighted by Gasteiger charge is -2.30. The number of benzene rings is 2. The second kappa shape index (κ2) is 11.1. The van der Waals surface area contributed by atoms with E-state index in [1.807, 2.05) is 19.1 Å². The highest BCUT2D eigenvalue weighted by Gasteiger charge is 2.31. The number of halogens is 1. The lowest BCUT2D eigenvalue weighted by molar-refractivity contribution is 0.0407. The van der Waals surface area contributed by atoms with Gasteiger partial charge in [0, 0.05) is 18.1 Å². The van der Waals surface area contributed by atoms with Crippen LogP contribution in [-0.2, 0) is 24.2 Å². The molecule has 0 aromatic heterocycles. The molecule has 0 amide bonds. The van der Waals surface area contributed by atoms with Crippen molar-refractivity contribution in [2.24, 2.45) is 5.92 Å². The van der Waals surface area contributed by atoms with Gasteiger partial charge in [0.1, 0.15) is 6.10 Å². The smallest absolute Gasteiger partial charge is 0.262 e. The monoisotopic (exact) mass is 521 g/mol. The standard InChI is InChI=1S/C25H28ClNO7S/c1-15-17(14-22(32-3)25(34-5)24(15)33-4)7-6-16-12-20(23(28)21(13-16)31-2)27-35(29,30)19-10-8-18(26)9-11-19/h6-15,24,27-28H,1-5H3/b7-6-. The van der Waals surface area contributed by atoms with Crippen LogP contribution >= 0.6 is 11.6 Å². The molecule has 0 aliphatic heterocycles. The molecule has 188 valence electrons. The van der Waals surface area contributed by atoms with E-state index >= 15 is 0 Å². The second-order valence-corrected chi connectivity index (χ2v) is 9.86. The Morgan fingerprint density at radius 2 is 1.69 bits per heavy atom. The molecule has 2 aromatic rings. The van der Waals surface area contributed by atoms with Gasteiger partial charge in [0.15, 0.2) is 23.0 Å². The normalized spacial score (nSPS) is 18.4. The lowest BCUT2D eigenvalue weighted by atomic mass is 9.88. The minimum atomic E-state index is -3.98. The third kappa shape index (κ3) is 5.75.